The molecular formula is C21H21BrN2O2. The third-order valence-corrected chi connectivity index (χ3v) is 4.71. The van der Waals surface area contributed by atoms with Gasteiger partial charge in [0, 0.05) is 35.5 Å². The van der Waals surface area contributed by atoms with E-state index in [1.165, 1.54) is 0 Å². The molecule has 2 aromatic carbocycles. The van der Waals surface area contributed by atoms with Crippen molar-refractivity contribution < 1.29 is 9.47 Å². The summed E-state index contributed by atoms with van der Waals surface area (Å²) in [5.41, 5.74) is 3.28. The summed E-state index contributed by atoms with van der Waals surface area (Å²) < 4.78 is 12.6. The van der Waals surface area contributed by atoms with E-state index in [4.69, 9.17) is 9.47 Å². The minimum absolute atomic E-state index is 0.489. The van der Waals surface area contributed by atoms with Gasteiger partial charge in [-0.25, -0.2) is 0 Å². The van der Waals surface area contributed by atoms with Crippen LogP contribution < -0.4 is 14.8 Å². The lowest BCUT2D eigenvalue weighted by Gasteiger charge is -2.17. The molecule has 0 radical (unpaired) electrons. The summed E-state index contributed by atoms with van der Waals surface area (Å²) in [6, 6.07) is 18.0. The first-order valence-electron chi connectivity index (χ1n) is 8.39. The Bertz CT molecular complexity index is 826. The fourth-order valence-corrected chi connectivity index (χ4v) is 3.08. The van der Waals surface area contributed by atoms with Crippen LogP contribution >= 0.6 is 15.9 Å². The minimum atomic E-state index is 0.489. The van der Waals surface area contributed by atoms with E-state index in [0.717, 1.165) is 39.2 Å². The molecule has 0 saturated carbocycles. The van der Waals surface area contributed by atoms with E-state index >= 15 is 0 Å². The zero-order valence-electron chi connectivity index (χ0n) is 14.6. The number of nitrogens with zero attached hydrogens (tertiary/aromatic N) is 1. The van der Waals surface area contributed by atoms with Gasteiger partial charge in [-0.2, -0.15) is 0 Å². The third-order valence-electron chi connectivity index (χ3n) is 3.97. The lowest BCUT2D eigenvalue weighted by atomic mass is 10.1. The van der Waals surface area contributed by atoms with E-state index in [1.807, 2.05) is 60.8 Å². The molecule has 1 aromatic heterocycles. The average molecular weight is 413 g/mol. The summed E-state index contributed by atoms with van der Waals surface area (Å²) in [5, 5.41) is 3.44. The molecule has 3 aromatic rings. The summed E-state index contributed by atoms with van der Waals surface area (Å²) in [6.07, 6.45) is 3.64. The molecule has 0 spiro atoms. The van der Waals surface area contributed by atoms with Gasteiger partial charge in [-0.15, -0.1) is 0 Å². The number of hydrogen-bond acceptors (Lipinski definition) is 4. The van der Waals surface area contributed by atoms with Crippen molar-refractivity contribution in [1.29, 1.82) is 0 Å². The number of pyridine rings is 1. The van der Waals surface area contributed by atoms with Gasteiger partial charge in [0.05, 0.1) is 7.11 Å². The normalized spacial score (nSPS) is 10.5. The third kappa shape index (κ3) is 4.84. The molecule has 1 heterocycles. The van der Waals surface area contributed by atoms with Crippen molar-refractivity contribution in [2.75, 3.05) is 7.11 Å². The van der Waals surface area contributed by atoms with Crippen molar-refractivity contribution in [3.63, 3.8) is 0 Å². The number of benzene rings is 2. The van der Waals surface area contributed by atoms with Crippen molar-refractivity contribution in [2.24, 2.45) is 0 Å². The van der Waals surface area contributed by atoms with Crippen LogP contribution in [-0.4, -0.2) is 12.1 Å². The maximum atomic E-state index is 6.12. The Balaban J connectivity index is 1.74. The van der Waals surface area contributed by atoms with Crippen molar-refractivity contribution in [3.05, 3.63) is 88.2 Å². The molecule has 0 aliphatic carbocycles. The maximum Gasteiger partial charge on any atom is 0.167 e. The fourth-order valence-electron chi connectivity index (χ4n) is 2.63. The number of hydrogen-bond donors (Lipinski definition) is 1. The molecule has 0 bridgehead atoms. The van der Waals surface area contributed by atoms with Gasteiger partial charge >= 0.3 is 0 Å². The largest absolute Gasteiger partial charge is 0.493 e. The summed E-state index contributed by atoms with van der Waals surface area (Å²) in [5.74, 6) is 1.48. The Morgan fingerprint density at radius 3 is 2.50 bits per heavy atom. The van der Waals surface area contributed by atoms with Crippen LogP contribution in [0.4, 0.5) is 0 Å². The minimum Gasteiger partial charge on any atom is -0.493 e. The van der Waals surface area contributed by atoms with E-state index in [1.54, 1.807) is 13.3 Å². The molecule has 0 amide bonds. The fraction of sp³-hybridized carbons (Fsp3) is 0.190. The lowest BCUT2D eigenvalue weighted by molar-refractivity contribution is 0.280. The molecule has 0 unspecified atom stereocenters. The molecule has 3 rings (SSSR count). The summed E-state index contributed by atoms with van der Waals surface area (Å²) in [7, 11) is 1.66. The molecular weight excluding hydrogens is 392 g/mol. The van der Waals surface area contributed by atoms with Gasteiger partial charge in [-0.1, -0.05) is 52.3 Å². The number of ether oxygens (including phenoxy) is 2. The van der Waals surface area contributed by atoms with Gasteiger partial charge in [-0.05, 0) is 29.3 Å². The predicted octanol–water partition coefficient (Wildman–Crippen LogP) is 4.72. The van der Waals surface area contributed by atoms with E-state index in [0.29, 0.717) is 13.2 Å². The van der Waals surface area contributed by atoms with Crippen LogP contribution in [-0.2, 0) is 19.7 Å². The average Bonchev–Trinajstić information content (AvgIpc) is 2.69. The highest BCUT2D eigenvalue weighted by Crippen LogP contribution is 2.36. The highest BCUT2D eigenvalue weighted by Gasteiger charge is 2.14. The maximum absolute atomic E-state index is 6.12. The van der Waals surface area contributed by atoms with Crippen LogP contribution in [0.5, 0.6) is 11.5 Å². The van der Waals surface area contributed by atoms with Gasteiger partial charge in [-0.3, -0.25) is 4.98 Å². The van der Waals surface area contributed by atoms with Crippen molar-refractivity contribution in [3.8, 4) is 11.5 Å². The van der Waals surface area contributed by atoms with Gasteiger partial charge in [0.25, 0.3) is 0 Å². The number of rotatable bonds is 8. The van der Waals surface area contributed by atoms with Crippen LogP contribution in [0.1, 0.15) is 16.7 Å². The van der Waals surface area contributed by atoms with Crippen LogP contribution in [0.15, 0.2) is 71.5 Å². The number of halogens is 1. The number of methoxy groups -OCH3 is 1. The van der Waals surface area contributed by atoms with E-state index in [-0.39, 0.29) is 0 Å². The first-order chi connectivity index (χ1) is 12.8. The highest BCUT2D eigenvalue weighted by atomic mass is 79.9. The van der Waals surface area contributed by atoms with Gasteiger partial charge in [0.2, 0.25) is 0 Å². The number of nitrogens with one attached hydrogen (secondary N) is 1. The molecule has 4 nitrogen and oxygen atoms in total. The van der Waals surface area contributed by atoms with Crippen molar-refractivity contribution in [1.82, 2.24) is 10.3 Å². The molecule has 0 fully saturated rings. The second kappa shape index (κ2) is 9.36. The van der Waals surface area contributed by atoms with E-state index in [9.17, 15) is 0 Å². The Hall–Kier alpha value is -2.37. The number of aromatic nitrogens is 1. The molecule has 0 aliphatic heterocycles. The molecule has 0 atom stereocenters. The zero-order chi connectivity index (χ0) is 18.2. The van der Waals surface area contributed by atoms with E-state index in [2.05, 4.69) is 26.2 Å². The first-order valence-corrected chi connectivity index (χ1v) is 9.19. The molecule has 26 heavy (non-hydrogen) atoms. The molecule has 5 heteroatoms. The van der Waals surface area contributed by atoms with Crippen LogP contribution in [0, 0.1) is 0 Å². The second-order valence-corrected chi connectivity index (χ2v) is 6.65. The SMILES string of the molecule is COc1ccc(Br)c(CNCc2cccnc2)c1OCc1ccccc1. The monoisotopic (exact) mass is 412 g/mol. The Morgan fingerprint density at radius 1 is 0.962 bits per heavy atom. The van der Waals surface area contributed by atoms with Gasteiger partial charge in [0.1, 0.15) is 6.61 Å². The van der Waals surface area contributed by atoms with Gasteiger partial charge in [0.15, 0.2) is 11.5 Å². The van der Waals surface area contributed by atoms with Crippen LogP contribution in [0.2, 0.25) is 0 Å². The van der Waals surface area contributed by atoms with Crippen LogP contribution in [0.25, 0.3) is 0 Å². The molecule has 0 saturated heterocycles. The zero-order valence-corrected chi connectivity index (χ0v) is 16.2. The van der Waals surface area contributed by atoms with Crippen LogP contribution in [0.3, 0.4) is 0 Å². The van der Waals surface area contributed by atoms with Crippen molar-refractivity contribution >= 4 is 15.9 Å². The molecule has 1 N–H and O–H groups in total. The summed E-state index contributed by atoms with van der Waals surface area (Å²) in [6.45, 7) is 1.87. The summed E-state index contributed by atoms with van der Waals surface area (Å²) >= 11 is 3.64. The van der Waals surface area contributed by atoms with E-state index < -0.39 is 0 Å². The quantitative estimate of drug-likeness (QED) is 0.580. The molecule has 0 aliphatic rings. The standard InChI is InChI=1S/C21H21BrN2O2/c1-25-20-10-9-19(22)18(14-24-13-17-8-5-11-23-12-17)21(20)26-15-16-6-3-2-4-7-16/h2-12,24H,13-15H2,1H3. The van der Waals surface area contributed by atoms with Gasteiger partial charge < -0.3 is 14.8 Å². The topological polar surface area (TPSA) is 43.4 Å². The second-order valence-electron chi connectivity index (χ2n) is 5.80. The predicted molar refractivity (Wildman–Crippen MR) is 106 cm³/mol. The summed E-state index contributed by atoms with van der Waals surface area (Å²) in [4.78, 5) is 4.14. The Kier molecular flexibility index (Phi) is 6.63. The Morgan fingerprint density at radius 2 is 1.77 bits per heavy atom. The highest BCUT2D eigenvalue weighted by molar-refractivity contribution is 9.10. The lowest BCUT2D eigenvalue weighted by Crippen LogP contribution is -2.14. The first kappa shape index (κ1) is 18.4. The van der Waals surface area contributed by atoms with Crippen molar-refractivity contribution in [2.45, 2.75) is 19.7 Å². The molecule has 134 valence electrons. The smallest absolute Gasteiger partial charge is 0.167 e. The Labute approximate surface area is 162 Å².